The molecule has 0 atom stereocenters. The molecule has 7 nitrogen and oxygen atoms in total. The summed E-state index contributed by atoms with van der Waals surface area (Å²) < 4.78 is 16.3. The third-order valence-electron chi connectivity index (χ3n) is 4.14. The molecule has 0 spiro atoms. The molecule has 0 fully saturated rings. The molecule has 2 heterocycles. The van der Waals surface area contributed by atoms with Crippen molar-refractivity contribution >= 4 is 11.8 Å². The minimum absolute atomic E-state index is 0.324. The summed E-state index contributed by atoms with van der Waals surface area (Å²) in [7, 11) is 1.55. The van der Waals surface area contributed by atoms with Crippen LogP contribution in [0.25, 0.3) is 11.3 Å². The van der Waals surface area contributed by atoms with Crippen LogP contribution in [0.5, 0.6) is 11.5 Å². The number of nitrogens with zero attached hydrogens (tertiary/aromatic N) is 3. The zero-order chi connectivity index (χ0) is 19.2. The van der Waals surface area contributed by atoms with Crippen LogP contribution in [0.1, 0.15) is 24.2 Å². The highest BCUT2D eigenvalue weighted by atomic mass is 16.5. The van der Waals surface area contributed by atoms with Gasteiger partial charge in [-0.25, -0.2) is 4.79 Å². The number of hydrogen-bond acceptors (Lipinski definition) is 7. The molecule has 0 aliphatic rings. The molecule has 7 heteroatoms. The van der Waals surface area contributed by atoms with Crippen molar-refractivity contribution in [3.63, 3.8) is 0 Å². The van der Waals surface area contributed by atoms with Crippen LogP contribution in [-0.2, 0) is 0 Å². The number of anilines is 1. The second-order valence-electron chi connectivity index (χ2n) is 5.71. The fourth-order valence-electron chi connectivity index (χ4n) is 2.65. The Labute approximate surface area is 157 Å². The Kier molecular flexibility index (Phi) is 5.71. The molecule has 3 rings (SSSR count). The zero-order valence-corrected chi connectivity index (χ0v) is 15.5. The van der Waals surface area contributed by atoms with Gasteiger partial charge in [-0.2, -0.15) is 0 Å². The van der Waals surface area contributed by atoms with E-state index in [1.165, 1.54) is 6.20 Å². The second kappa shape index (κ2) is 8.35. The van der Waals surface area contributed by atoms with E-state index in [2.05, 4.69) is 15.0 Å². The highest BCUT2D eigenvalue weighted by Crippen LogP contribution is 2.35. The molecule has 0 unspecified atom stereocenters. The highest BCUT2D eigenvalue weighted by molar-refractivity contribution is 5.91. The molecule has 27 heavy (non-hydrogen) atoms. The molecule has 0 aliphatic heterocycles. The third-order valence-corrected chi connectivity index (χ3v) is 4.14. The van der Waals surface area contributed by atoms with Crippen molar-refractivity contribution in [2.45, 2.75) is 13.8 Å². The number of carbonyl (C=O) groups excluding carboxylic acids is 1. The van der Waals surface area contributed by atoms with E-state index in [4.69, 9.17) is 14.0 Å². The van der Waals surface area contributed by atoms with Crippen molar-refractivity contribution < 1.29 is 18.8 Å². The van der Waals surface area contributed by atoms with E-state index in [0.29, 0.717) is 28.4 Å². The number of ether oxygens (including phenoxy) is 2. The zero-order valence-electron chi connectivity index (χ0n) is 15.5. The Morgan fingerprint density at radius 2 is 2.00 bits per heavy atom. The SMILES string of the molecule is CCN(CC)c1cc(-c2ccc(OC)cc2OC(=O)c2cccnc2)on1. The number of methoxy groups -OCH3 is 1. The summed E-state index contributed by atoms with van der Waals surface area (Å²) in [5, 5.41) is 4.12. The van der Waals surface area contributed by atoms with Crippen LogP contribution in [0.4, 0.5) is 5.82 Å². The molecule has 1 aromatic carbocycles. The van der Waals surface area contributed by atoms with Gasteiger partial charge in [-0.3, -0.25) is 4.98 Å². The average molecular weight is 367 g/mol. The van der Waals surface area contributed by atoms with Crippen molar-refractivity contribution in [2.75, 3.05) is 25.1 Å². The number of aromatic nitrogens is 2. The minimum atomic E-state index is -0.513. The summed E-state index contributed by atoms with van der Waals surface area (Å²) in [6, 6.07) is 10.3. The Hall–Kier alpha value is -3.35. The van der Waals surface area contributed by atoms with Crippen molar-refractivity contribution in [2.24, 2.45) is 0 Å². The lowest BCUT2D eigenvalue weighted by molar-refractivity contribution is 0.0734. The van der Waals surface area contributed by atoms with Crippen LogP contribution in [0.3, 0.4) is 0 Å². The third kappa shape index (κ3) is 4.08. The van der Waals surface area contributed by atoms with E-state index < -0.39 is 5.97 Å². The van der Waals surface area contributed by atoms with Gasteiger partial charge in [0.2, 0.25) is 0 Å². The summed E-state index contributed by atoms with van der Waals surface area (Å²) in [6.45, 7) is 5.72. The van der Waals surface area contributed by atoms with Gasteiger partial charge in [-0.1, -0.05) is 5.16 Å². The normalized spacial score (nSPS) is 10.5. The number of hydrogen-bond donors (Lipinski definition) is 0. The molecule has 0 saturated heterocycles. The predicted molar refractivity (Wildman–Crippen MR) is 101 cm³/mol. The van der Waals surface area contributed by atoms with Crippen LogP contribution < -0.4 is 14.4 Å². The van der Waals surface area contributed by atoms with Crippen molar-refractivity contribution in [3.05, 3.63) is 54.4 Å². The van der Waals surface area contributed by atoms with Crippen LogP contribution in [0.2, 0.25) is 0 Å². The van der Waals surface area contributed by atoms with E-state index in [0.717, 1.165) is 18.9 Å². The Balaban J connectivity index is 1.95. The standard InChI is InChI=1S/C20H21N3O4/c1-4-23(5-2)19-12-18(27-22-19)16-9-8-15(25-3)11-17(16)26-20(24)14-7-6-10-21-13-14/h6-13H,4-5H2,1-3H3. The number of benzene rings is 1. The minimum Gasteiger partial charge on any atom is -0.497 e. The maximum Gasteiger partial charge on any atom is 0.345 e. The molecule has 0 aliphatic carbocycles. The lowest BCUT2D eigenvalue weighted by atomic mass is 10.1. The van der Waals surface area contributed by atoms with E-state index in [1.54, 1.807) is 43.6 Å². The average Bonchev–Trinajstić information content (AvgIpc) is 3.19. The van der Waals surface area contributed by atoms with Gasteiger partial charge in [0.1, 0.15) is 11.5 Å². The Bertz CT molecular complexity index is 905. The van der Waals surface area contributed by atoms with Gasteiger partial charge >= 0.3 is 5.97 Å². The molecule has 140 valence electrons. The molecule has 2 aromatic heterocycles. The van der Waals surface area contributed by atoms with Gasteiger partial charge in [0, 0.05) is 37.6 Å². The van der Waals surface area contributed by atoms with Gasteiger partial charge in [0.25, 0.3) is 0 Å². The number of pyridine rings is 1. The fraction of sp³-hybridized carbons (Fsp3) is 0.250. The highest BCUT2D eigenvalue weighted by Gasteiger charge is 2.18. The lowest BCUT2D eigenvalue weighted by Crippen LogP contribution is -2.21. The van der Waals surface area contributed by atoms with Crippen LogP contribution >= 0.6 is 0 Å². The maximum absolute atomic E-state index is 12.4. The summed E-state index contributed by atoms with van der Waals surface area (Å²) in [6.07, 6.45) is 3.05. The van der Waals surface area contributed by atoms with E-state index in [9.17, 15) is 4.79 Å². The molecule has 0 saturated carbocycles. The predicted octanol–water partition coefficient (Wildman–Crippen LogP) is 3.81. The van der Waals surface area contributed by atoms with Crippen molar-refractivity contribution in [1.82, 2.24) is 10.1 Å². The largest absolute Gasteiger partial charge is 0.497 e. The van der Waals surface area contributed by atoms with E-state index in [1.807, 2.05) is 19.9 Å². The Morgan fingerprint density at radius 1 is 1.19 bits per heavy atom. The first-order valence-corrected chi connectivity index (χ1v) is 8.68. The summed E-state index contributed by atoms with van der Waals surface area (Å²) in [5.74, 6) is 1.62. The summed E-state index contributed by atoms with van der Waals surface area (Å²) in [5.41, 5.74) is 0.964. The smallest absolute Gasteiger partial charge is 0.345 e. The summed E-state index contributed by atoms with van der Waals surface area (Å²) >= 11 is 0. The quantitative estimate of drug-likeness (QED) is 0.464. The van der Waals surface area contributed by atoms with Gasteiger partial charge in [-0.15, -0.1) is 0 Å². The number of carbonyl (C=O) groups is 1. The number of esters is 1. The van der Waals surface area contributed by atoms with E-state index in [-0.39, 0.29) is 0 Å². The van der Waals surface area contributed by atoms with Crippen LogP contribution in [-0.4, -0.2) is 36.3 Å². The molecule has 3 aromatic rings. The van der Waals surface area contributed by atoms with Crippen LogP contribution in [0, 0.1) is 0 Å². The maximum atomic E-state index is 12.4. The molecule has 0 amide bonds. The Morgan fingerprint density at radius 3 is 2.67 bits per heavy atom. The first-order valence-electron chi connectivity index (χ1n) is 8.68. The van der Waals surface area contributed by atoms with Crippen molar-refractivity contribution in [1.29, 1.82) is 0 Å². The summed E-state index contributed by atoms with van der Waals surface area (Å²) in [4.78, 5) is 18.5. The molecule has 0 bridgehead atoms. The van der Waals surface area contributed by atoms with Gasteiger partial charge < -0.3 is 18.9 Å². The van der Waals surface area contributed by atoms with Crippen molar-refractivity contribution in [3.8, 4) is 22.8 Å². The van der Waals surface area contributed by atoms with Gasteiger partial charge in [0.15, 0.2) is 11.6 Å². The molecule has 0 radical (unpaired) electrons. The first-order chi connectivity index (χ1) is 13.2. The fourth-order valence-corrected chi connectivity index (χ4v) is 2.65. The molecular formula is C20H21N3O4. The lowest BCUT2D eigenvalue weighted by Gasteiger charge is -2.15. The monoisotopic (exact) mass is 367 g/mol. The van der Waals surface area contributed by atoms with Gasteiger partial charge in [-0.05, 0) is 38.1 Å². The second-order valence-corrected chi connectivity index (χ2v) is 5.71. The molecular weight excluding hydrogens is 346 g/mol. The number of rotatable bonds is 7. The molecule has 0 N–H and O–H groups in total. The van der Waals surface area contributed by atoms with Gasteiger partial charge in [0.05, 0.1) is 18.2 Å². The van der Waals surface area contributed by atoms with E-state index >= 15 is 0 Å². The van der Waals surface area contributed by atoms with Crippen LogP contribution in [0.15, 0.2) is 53.3 Å². The first kappa shape index (κ1) is 18.4. The topological polar surface area (TPSA) is 77.7 Å².